The molecule has 1 atom stereocenters. The largest absolute Gasteiger partial charge is 0.481 e. The van der Waals surface area contributed by atoms with Crippen LogP contribution in [0, 0.1) is 6.92 Å². The number of nitrogens with one attached hydrogen (secondary N) is 1. The zero-order valence-electron chi connectivity index (χ0n) is 14.3. The first-order chi connectivity index (χ1) is 11.0. The molecular weight excluding hydrogens is 286 g/mol. The first-order valence-electron chi connectivity index (χ1n) is 8.06. The highest BCUT2D eigenvalue weighted by molar-refractivity contribution is 5.80. The molecular formula is C20H25NO2. The molecule has 2 aromatic carbocycles. The van der Waals surface area contributed by atoms with Crippen molar-refractivity contribution in [2.75, 3.05) is 0 Å². The molecule has 0 unspecified atom stereocenters. The van der Waals surface area contributed by atoms with Crippen LogP contribution in [0.2, 0.25) is 0 Å². The van der Waals surface area contributed by atoms with E-state index in [9.17, 15) is 4.79 Å². The van der Waals surface area contributed by atoms with Gasteiger partial charge in [0, 0.05) is 6.54 Å². The van der Waals surface area contributed by atoms with Crippen LogP contribution in [-0.2, 0) is 11.3 Å². The zero-order valence-corrected chi connectivity index (χ0v) is 14.3. The van der Waals surface area contributed by atoms with E-state index in [1.807, 2.05) is 55.5 Å². The minimum Gasteiger partial charge on any atom is -0.481 e. The van der Waals surface area contributed by atoms with Gasteiger partial charge < -0.3 is 10.1 Å². The van der Waals surface area contributed by atoms with Crippen LogP contribution in [0.5, 0.6) is 5.75 Å². The van der Waals surface area contributed by atoms with Gasteiger partial charge in [0.15, 0.2) is 6.10 Å². The minimum atomic E-state index is -0.527. The zero-order chi connectivity index (χ0) is 16.8. The van der Waals surface area contributed by atoms with Crippen molar-refractivity contribution in [1.82, 2.24) is 5.32 Å². The van der Waals surface area contributed by atoms with Crippen molar-refractivity contribution in [3.8, 4) is 5.75 Å². The third-order valence-corrected chi connectivity index (χ3v) is 3.80. The molecule has 0 saturated heterocycles. The Balaban J connectivity index is 1.94. The lowest BCUT2D eigenvalue weighted by Gasteiger charge is -2.18. The monoisotopic (exact) mass is 311 g/mol. The number of aryl methyl sites for hydroxylation is 1. The van der Waals surface area contributed by atoms with E-state index in [0.717, 1.165) is 16.9 Å². The van der Waals surface area contributed by atoms with Gasteiger partial charge in [-0.15, -0.1) is 0 Å². The molecule has 0 aliphatic carbocycles. The summed E-state index contributed by atoms with van der Waals surface area (Å²) in [5, 5.41) is 2.92. The molecule has 0 aliphatic heterocycles. The maximum atomic E-state index is 12.2. The van der Waals surface area contributed by atoms with Gasteiger partial charge in [-0.1, -0.05) is 61.9 Å². The molecule has 3 nitrogen and oxygen atoms in total. The van der Waals surface area contributed by atoms with E-state index in [2.05, 4.69) is 19.2 Å². The molecule has 0 aromatic heterocycles. The van der Waals surface area contributed by atoms with E-state index < -0.39 is 6.10 Å². The number of amides is 1. The van der Waals surface area contributed by atoms with Gasteiger partial charge in [0.05, 0.1) is 0 Å². The van der Waals surface area contributed by atoms with Gasteiger partial charge in [-0.05, 0) is 37.0 Å². The molecule has 2 aromatic rings. The van der Waals surface area contributed by atoms with Gasteiger partial charge in [-0.2, -0.15) is 0 Å². The fourth-order valence-corrected chi connectivity index (χ4v) is 2.35. The fourth-order valence-electron chi connectivity index (χ4n) is 2.35. The Morgan fingerprint density at radius 1 is 1.04 bits per heavy atom. The van der Waals surface area contributed by atoms with Crippen molar-refractivity contribution in [3.63, 3.8) is 0 Å². The average Bonchev–Trinajstić information content (AvgIpc) is 2.54. The highest BCUT2D eigenvalue weighted by Crippen LogP contribution is 2.26. The summed E-state index contributed by atoms with van der Waals surface area (Å²) in [5.41, 5.74) is 3.41. The smallest absolute Gasteiger partial charge is 0.261 e. The van der Waals surface area contributed by atoms with Crippen LogP contribution < -0.4 is 10.1 Å². The lowest BCUT2D eigenvalue weighted by Crippen LogP contribution is -2.36. The summed E-state index contributed by atoms with van der Waals surface area (Å²) in [7, 11) is 0. The fraction of sp³-hybridized carbons (Fsp3) is 0.350. The molecule has 0 heterocycles. The molecule has 1 N–H and O–H groups in total. The third-order valence-electron chi connectivity index (χ3n) is 3.80. The number of para-hydroxylation sites is 1. The first kappa shape index (κ1) is 17.1. The topological polar surface area (TPSA) is 38.3 Å². The molecule has 3 heteroatoms. The van der Waals surface area contributed by atoms with E-state index in [-0.39, 0.29) is 5.91 Å². The van der Waals surface area contributed by atoms with Gasteiger partial charge in [0.25, 0.3) is 5.91 Å². The average molecular weight is 311 g/mol. The van der Waals surface area contributed by atoms with Crippen molar-refractivity contribution in [2.45, 2.75) is 46.3 Å². The van der Waals surface area contributed by atoms with Gasteiger partial charge in [-0.25, -0.2) is 0 Å². The number of rotatable bonds is 6. The predicted molar refractivity (Wildman–Crippen MR) is 93.6 cm³/mol. The second kappa shape index (κ2) is 7.82. The van der Waals surface area contributed by atoms with Crippen LogP contribution in [-0.4, -0.2) is 12.0 Å². The summed E-state index contributed by atoms with van der Waals surface area (Å²) >= 11 is 0. The molecule has 0 bridgehead atoms. The van der Waals surface area contributed by atoms with Crippen LogP contribution in [0.15, 0.2) is 48.5 Å². The summed E-state index contributed by atoms with van der Waals surface area (Å²) in [6.07, 6.45) is -0.527. The van der Waals surface area contributed by atoms with E-state index in [4.69, 9.17) is 4.74 Å². The second-order valence-electron chi connectivity index (χ2n) is 6.16. The molecule has 0 aliphatic rings. The lowest BCUT2D eigenvalue weighted by atomic mass is 10.0. The lowest BCUT2D eigenvalue weighted by molar-refractivity contribution is -0.127. The number of carbonyl (C=O) groups excluding carboxylic acids is 1. The molecule has 1 amide bonds. The van der Waals surface area contributed by atoms with Crippen LogP contribution in [0.4, 0.5) is 0 Å². The number of benzene rings is 2. The van der Waals surface area contributed by atoms with E-state index in [0.29, 0.717) is 12.5 Å². The quantitative estimate of drug-likeness (QED) is 0.868. The Labute approximate surface area is 138 Å². The van der Waals surface area contributed by atoms with E-state index in [1.165, 1.54) is 5.56 Å². The van der Waals surface area contributed by atoms with Gasteiger partial charge in [-0.3, -0.25) is 4.79 Å². The number of carbonyl (C=O) groups is 1. The van der Waals surface area contributed by atoms with Crippen molar-refractivity contribution >= 4 is 5.91 Å². The Bertz CT molecular complexity index is 647. The van der Waals surface area contributed by atoms with Crippen molar-refractivity contribution < 1.29 is 9.53 Å². The van der Waals surface area contributed by atoms with Crippen LogP contribution in [0.3, 0.4) is 0 Å². The van der Waals surface area contributed by atoms with Crippen molar-refractivity contribution in [3.05, 3.63) is 65.2 Å². The van der Waals surface area contributed by atoms with Crippen molar-refractivity contribution in [1.29, 1.82) is 0 Å². The molecule has 0 radical (unpaired) electrons. The van der Waals surface area contributed by atoms with Gasteiger partial charge >= 0.3 is 0 Å². The van der Waals surface area contributed by atoms with Crippen LogP contribution in [0.1, 0.15) is 43.4 Å². The Kier molecular flexibility index (Phi) is 5.80. The number of ether oxygens (including phenoxy) is 1. The van der Waals surface area contributed by atoms with E-state index >= 15 is 0 Å². The summed E-state index contributed by atoms with van der Waals surface area (Å²) < 4.78 is 5.86. The second-order valence-corrected chi connectivity index (χ2v) is 6.16. The standard InChI is InChI=1S/C20H25NO2/c1-14(2)18-7-5-6-8-19(18)23-16(4)20(22)21-13-17-11-9-15(3)10-12-17/h5-12,14,16H,13H2,1-4H3,(H,21,22)/t16-/m1/s1. The van der Waals surface area contributed by atoms with Crippen LogP contribution >= 0.6 is 0 Å². The highest BCUT2D eigenvalue weighted by atomic mass is 16.5. The van der Waals surface area contributed by atoms with Gasteiger partial charge in [0.1, 0.15) is 5.75 Å². The summed E-state index contributed by atoms with van der Waals surface area (Å²) in [4.78, 5) is 12.2. The maximum absolute atomic E-state index is 12.2. The Hall–Kier alpha value is -2.29. The Morgan fingerprint density at radius 2 is 1.70 bits per heavy atom. The summed E-state index contributed by atoms with van der Waals surface area (Å²) in [5.74, 6) is 1.03. The molecule has 0 fully saturated rings. The normalized spacial score (nSPS) is 12.0. The highest BCUT2D eigenvalue weighted by Gasteiger charge is 2.16. The Morgan fingerprint density at radius 3 is 2.35 bits per heavy atom. The first-order valence-corrected chi connectivity index (χ1v) is 8.06. The minimum absolute atomic E-state index is 0.107. The molecule has 2 rings (SSSR count). The maximum Gasteiger partial charge on any atom is 0.261 e. The number of hydrogen-bond donors (Lipinski definition) is 1. The molecule has 0 saturated carbocycles. The third kappa shape index (κ3) is 4.85. The number of hydrogen-bond acceptors (Lipinski definition) is 2. The van der Waals surface area contributed by atoms with Crippen LogP contribution in [0.25, 0.3) is 0 Å². The SMILES string of the molecule is Cc1ccc(CNC(=O)[C@@H](C)Oc2ccccc2C(C)C)cc1. The molecule has 23 heavy (non-hydrogen) atoms. The van der Waals surface area contributed by atoms with Crippen molar-refractivity contribution in [2.24, 2.45) is 0 Å². The van der Waals surface area contributed by atoms with Gasteiger partial charge in [0.2, 0.25) is 0 Å². The summed E-state index contributed by atoms with van der Waals surface area (Å²) in [6.45, 7) is 8.57. The van der Waals surface area contributed by atoms with E-state index in [1.54, 1.807) is 6.92 Å². The molecule has 0 spiro atoms. The summed E-state index contributed by atoms with van der Waals surface area (Å²) in [6, 6.07) is 16.0. The molecule has 122 valence electrons. The predicted octanol–water partition coefficient (Wildman–Crippen LogP) is 4.20.